The van der Waals surface area contributed by atoms with Gasteiger partial charge in [0.15, 0.2) is 9.84 Å². The standard InChI is InChI=1S/C12H19NO4S3/c1-19(14,15)7-5-18-6-8-20(16,17)12-4-2-3-11(9-12)10-13/h2-4,9H,5-8,10,13H2,1H3. The summed E-state index contributed by atoms with van der Waals surface area (Å²) in [7, 11) is -6.32. The number of thioether (sulfide) groups is 1. The average molecular weight is 337 g/mol. The van der Waals surface area contributed by atoms with Gasteiger partial charge in [0.25, 0.3) is 0 Å². The summed E-state index contributed by atoms with van der Waals surface area (Å²) in [5.74, 6) is 0.859. The number of sulfone groups is 2. The first-order valence-electron chi connectivity index (χ1n) is 6.02. The number of hydrogen-bond acceptors (Lipinski definition) is 6. The summed E-state index contributed by atoms with van der Waals surface area (Å²) in [6.07, 6.45) is 1.17. The van der Waals surface area contributed by atoms with Crippen molar-refractivity contribution in [3.63, 3.8) is 0 Å². The first-order chi connectivity index (χ1) is 9.24. The Morgan fingerprint density at radius 3 is 2.35 bits per heavy atom. The van der Waals surface area contributed by atoms with Gasteiger partial charge in [-0.15, -0.1) is 0 Å². The Balaban J connectivity index is 2.53. The van der Waals surface area contributed by atoms with E-state index in [1.54, 1.807) is 24.3 Å². The van der Waals surface area contributed by atoms with Crippen molar-refractivity contribution in [2.24, 2.45) is 5.73 Å². The van der Waals surface area contributed by atoms with Crippen molar-refractivity contribution in [1.29, 1.82) is 0 Å². The molecule has 0 saturated heterocycles. The van der Waals surface area contributed by atoms with Gasteiger partial charge in [-0.05, 0) is 17.7 Å². The molecule has 0 spiro atoms. The molecule has 0 fully saturated rings. The molecule has 0 saturated carbocycles. The summed E-state index contributed by atoms with van der Waals surface area (Å²) >= 11 is 1.33. The van der Waals surface area contributed by atoms with E-state index in [1.807, 2.05) is 0 Å². The molecule has 5 nitrogen and oxygen atoms in total. The smallest absolute Gasteiger partial charge is 0.179 e. The Kier molecular flexibility index (Phi) is 6.50. The molecule has 1 rings (SSSR count). The normalized spacial score (nSPS) is 12.5. The molecule has 2 N–H and O–H groups in total. The third-order valence-electron chi connectivity index (χ3n) is 2.59. The van der Waals surface area contributed by atoms with E-state index in [9.17, 15) is 16.8 Å². The highest BCUT2D eigenvalue weighted by Gasteiger charge is 2.14. The predicted molar refractivity (Wildman–Crippen MR) is 83.4 cm³/mol. The molecule has 0 atom stereocenters. The van der Waals surface area contributed by atoms with Gasteiger partial charge in [-0.25, -0.2) is 16.8 Å². The second-order valence-electron chi connectivity index (χ2n) is 4.41. The SMILES string of the molecule is CS(=O)(=O)CCSCCS(=O)(=O)c1cccc(CN)c1. The van der Waals surface area contributed by atoms with Crippen LogP contribution in [0.3, 0.4) is 0 Å². The van der Waals surface area contributed by atoms with Crippen LogP contribution in [0.4, 0.5) is 0 Å². The molecule has 0 bridgehead atoms. The molecular weight excluding hydrogens is 318 g/mol. The average Bonchev–Trinajstić information content (AvgIpc) is 2.37. The fourth-order valence-corrected chi connectivity index (χ4v) is 5.55. The minimum absolute atomic E-state index is 0.00451. The van der Waals surface area contributed by atoms with Crippen molar-refractivity contribution >= 4 is 31.4 Å². The lowest BCUT2D eigenvalue weighted by Crippen LogP contribution is -2.11. The summed E-state index contributed by atoms with van der Waals surface area (Å²) in [4.78, 5) is 0.268. The monoisotopic (exact) mass is 337 g/mol. The minimum atomic E-state index is -3.33. The number of hydrogen-bond donors (Lipinski definition) is 1. The molecule has 0 aliphatic rings. The maximum atomic E-state index is 12.1. The molecule has 0 amide bonds. The Morgan fingerprint density at radius 1 is 1.10 bits per heavy atom. The maximum Gasteiger partial charge on any atom is 0.179 e. The molecule has 0 aliphatic carbocycles. The van der Waals surface area contributed by atoms with Crippen LogP contribution in [0.2, 0.25) is 0 Å². The zero-order valence-electron chi connectivity index (χ0n) is 11.3. The Morgan fingerprint density at radius 2 is 1.75 bits per heavy atom. The van der Waals surface area contributed by atoms with Gasteiger partial charge in [0.05, 0.1) is 16.4 Å². The molecule has 0 aliphatic heterocycles. The Bertz CT molecular complexity index is 638. The van der Waals surface area contributed by atoms with Crippen molar-refractivity contribution < 1.29 is 16.8 Å². The van der Waals surface area contributed by atoms with Crippen LogP contribution in [-0.4, -0.2) is 46.1 Å². The molecule has 8 heteroatoms. The lowest BCUT2D eigenvalue weighted by Gasteiger charge is -2.06. The highest BCUT2D eigenvalue weighted by Crippen LogP contribution is 2.15. The number of benzene rings is 1. The molecular formula is C12H19NO4S3. The molecule has 0 unspecified atom stereocenters. The van der Waals surface area contributed by atoms with Gasteiger partial charge in [-0.1, -0.05) is 12.1 Å². The summed E-state index contributed by atoms with van der Waals surface area (Å²) in [5, 5.41) is 0. The lowest BCUT2D eigenvalue weighted by atomic mass is 10.2. The third kappa shape index (κ3) is 6.25. The summed E-state index contributed by atoms with van der Waals surface area (Å²) in [6, 6.07) is 6.58. The van der Waals surface area contributed by atoms with E-state index in [0.29, 0.717) is 18.1 Å². The lowest BCUT2D eigenvalue weighted by molar-refractivity contribution is 0.597. The van der Waals surface area contributed by atoms with Gasteiger partial charge in [0.1, 0.15) is 9.84 Å². The van der Waals surface area contributed by atoms with Gasteiger partial charge >= 0.3 is 0 Å². The van der Waals surface area contributed by atoms with E-state index in [2.05, 4.69) is 0 Å². The fourth-order valence-electron chi connectivity index (χ4n) is 1.46. The molecule has 0 radical (unpaired) electrons. The van der Waals surface area contributed by atoms with Gasteiger partial charge < -0.3 is 5.73 Å². The molecule has 1 aromatic carbocycles. The van der Waals surface area contributed by atoms with Crippen LogP contribution in [0.5, 0.6) is 0 Å². The summed E-state index contributed by atoms with van der Waals surface area (Å²) in [6.45, 7) is 0.298. The van der Waals surface area contributed by atoms with Crippen molar-refractivity contribution in [1.82, 2.24) is 0 Å². The highest BCUT2D eigenvalue weighted by molar-refractivity contribution is 8.01. The summed E-state index contributed by atoms with van der Waals surface area (Å²) < 4.78 is 46.1. The van der Waals surface area contributed by atoms with E-state index in [4.69, 9.17) is 5.73 Å². The van der Waals surface area contributed by atoms with Gasteiger partial charge in [-0.3, -0.25) is 0 Å². The number of rotatable bonds is 8. The van der Waals surface area contributed by atoms with Crippen LogP contribution in [0.1, 0.15) is 5.56 Å². The zero-order chi connectivity index (χ0) is 15.2. The van der Waals surface area contributed by atoms with E-state index < -0.39 is 19.7 Å². The zero-order valence-corrected chi connectivity index (χ0v) is 13.7. The van der Waals surface area contributed by atoms with E-state index in [-0.39, 0.29) is 16.4 Å². The second-order valence-corrected chi connectivity index (χ2v) is 10.0. The molecule has 0 heterocycles. The van der Waals surface area contributed by atoms with Crippen molar-refractivity contribution in [3.8, 4) is 0 Å². The van der Waals surface area contributed by atoms with Gasteiger partial charge in [-0.2, -0.15) is 11.8 Å². The van der Waals surface area contributed by atoms with Crippen molar-refractivity contribution in [2.45, 2.75) is 11.4 Å². The van der Waals surface area contributed by atoms with E-state index in [1.165, 1.54) is 18.0 Å². The van der Waals surface area contributed by atoms with Crippen LogP contribution >= 0.6 is 11.8 Å². The summed E-state index contributed by atoms with van der Waals surface area (Å²) in [5.41, 5.74) is 6.26. The largest absolute Gasteiger partial charge is 0.326 e. The Hall–Kier alpha value is -0.570. The van der Waals surface area contributed by atoms with Gasteiger partial charge in [0, 0.05) is 24.3 Å². The molecule has 1 aromatic rings. The third-order valence-corrected chi connectivity index (χ3v) is 6.75. The quantitative estimate of drug-likeness (QED) is 0.702. The van der Waals surface area contributed by atoms with Crippen LogP contribution in [0.15, 0.2) is 29.2 Å². The highest BCUT2D eigenvalue weighted by atomic mass is 32.2. The molecule has 114 valence electrons. The maximum absolute atomic E-state index is 12.1. The minimum Gasteiger partial charge on any atom is -0.326 e. The van der Waals surface area contributed by atoms with Gasteiger partial charge in [0.2, 0.25) is 0 Å². The van der Waals surface area contributed by atoms with Crippen LogP contribution in [0, 0.1) is 0 Å². The van der Waals surface area contributed by atoms with Crippen LogP contribution < -0.4 is 5.73 Å². The van der Waals surface area contributed by atoms with E-state index in [0.717, 1.165) is 5.56 Å². The molecule has 0 aromatic heterocycles. The fraction of sp³-hybridized carbons (Fsp3) is 0.500. The molecule has 20 heavy (non-hydrogen) atoms. The first kappa shape index (κ1) is 17.5. The number of nitrogens with two attached hydrogens (primary N) is 1. The Labute approximate surface area is 124 Å². The first-order valence-corrected chi connectivity index (χ1v) is 10.9. The van der Waals surface area contributed by atoms with Crippen molar-refractivity contribution in [2.75, 3.05) is 29.3 Å². The topological polar surface area (TPSA) is 94.3 Å². The van der Waals surface area contributed by atoms with Crippen molar-refractivity contribution in [3.05, 3.63) is 29.8 Å². The van der Waals surface area contributed by atoms with Crippen LogP contribution in [-0.2, 0) is 26.2 Å². The predicted octanol–water partition coefficient (Wildman–Crippen LogP) is 0.697. The van der Waals surface area contributed by atoms with Crippen LogP contribution in [0.25, 0.3) is 0 Å². The second kappa shape index (κ2) is 7.44. The van der Waals surface area contributed by atoms with E-state index >= 15 is 0 Å².